The molecule has 0 saturated heterocycles. The number of hydrogen-bond acceptors (Lipinski definition) is 3. The molecule has 0 saturated carbocycles. The number of amides is 1. The molecule has 0 aromatic heterocycles. The fourth-order valence-electron chi connectivity index (χ4n) is 1.63. The van der Waals surface area contributed by atoms with Gasteiger partial charge in [-0.15, -0.1) is 11.8 Å². The molecule has 0 spiro atoms. The average Bonchev–Trinajstić information content (AvgIpc) is 2.50. The second-order valence-corrected chi connectivity index (χ2v) is 6.62. The van der Waals surface area contributed by atoms with Gasteiger partial charge in [-0.25, -0.2) is 0 Å². The van der Waals surface area contributed by atoms with E-state index in [1.165, 1.54) is 0 Å². The van der Waals surface area contributed by atoms with E-state index in [-0.39, 0.29) is 5.91 Å². The van der Waals surface area contributed by atoms with Crippen LogP contribution in [0.2, 0.25) is 0 Å². The number of rotatable bonds is 7. The second kappa shape index (κ2) is 8.94. The van der Waals surface area contributed by atoms with Crippen molar-refractivity contribution in [3.63, 3.8) is 0 Å². The highest BCUT2D eigenvalue weighted by Crippen LogP contribution is 2.12. The van der Waals surface area contributed by atoms with Gasteiger partial charge in [0.25, 0.3) is 0 Å². The Morgan fingerprint density at radius 2 is 1.81 bits per heavy atom. The van der Waals surface area contributed by atoms with Gasteiger partial charge in [0.1, 0.15) is 5.75 Å². The molecule has 0 heterocycles. The zero-order chi connectivity index (χ0) is 14.9. The number of anilines is 1. The predicted molar refractivity (Wildman–Crippen MR) is 97.1 cm³/mol. The minimum atomic E-state index is 0.0147. The zero-order valence-electron chi connectivity index (χ0n) is 11.4. The van der Waals surface area contributed by atoms with Crippen LogP contribution in [-0.2, 0) is 4.79 Å². The smallest absolute Gasteiger partial charge is 0.234 e. The lowest BCUT2D eigenvalue weighted by Gasteiger charge is -2.07. The Kier molecular flexibility index (Phi) is 6.88. The van der Waals surface area contributed by atoms with Gasteiger partial charge in [-0.05, 0) is 59.0 Å². The maximum absolute atomic E-state index is 11.8. The Labute approximate surface area is 142 Å². The molecule has 21 heavy (non-hydrogen) atoms. The van der Waals surface area contributed by atoms with Crippen molar-refractivity contribution in [2.24, 2.45) is 0 Å². The van der Waals surface area contributed by atoms with E-state index >= 15 is 0 Å². The summed E-state index contributed by atoms with van der Waals surface area (Å²) in [6.45, 7) is 0.603. The first-order chi connectivity index (χ1) is 10.2. The van der Waals surface area contributed by atoms with E-state index in [1.807, 2.05) is 54.6 Å². The maximum Gasteiger partial charge on any atom is 0.234 e. The first-order valence-corrected chi connectivity index (χ1v) is 8.78. The summed E-state index contributed by atoms with van der Waals surface area (Å²) in [5.41, 5.74) is 0.835. The van der Waals surface area contributed by atoms with Gasteiger partial charge < -0.3 is 10.1 Å². The number of carbonyl (C=O) groups excluding carboxylic acids is 1. The van der Waals surface area contributed by atoms with Crippen LogP contribution in [0.4, 0.5) is 5.69 Å². The van der Waals surface area contributed by atoms with Gasteiger partial charge in [-0.3, -0.25) is 4.79 Å². The van der Waals surface area contributed by atoms with Gasteiger partial charge in [-0.2, -0.15) is 0 Å². The Balaban J connectivity index is 1.60. The lowest BCUT2D eigenvalue weighted by molar-refractivity contribution is -0.113. The molecule has 1 amide bonds. The SMILES string of the molecule is O=C(CSCCOc1ccccc1)Nc1ccc(I)cc1. The van der Waals surface area contributed by atoms with Gasteiger partial charge in [0.2, 0.25) is 5.91 Å². The number of para-hydroxylation sites is 1. The highest BCUT2D eigenvalue weighted by molar-refractivity contribution is 14.1. The van der Waals surface area contributed by atoms with Gasteiger partial charge in [-0.1, -0.05) is 18.2 Å². The first kappa shape index (κ1) is 16.2. The summed E-state index contributed by atoms with van der Waals surface area (Å²) < 4.78 is 6.72. The molecule has 0 fully saturated rings. The Hall–Kier alpha value is -1.21. The highest BCUT2D eigenvalue weighted by Gasteiger charge is 2.02. The summed E-state index contributed by atoms with van der Waals surface area (Å²) in [6, 6.07) is 17.4. The number of carbonyl (C=O) groups is 1. The van der Waals surface area contributed by atoms with Crippen molar-refractivity contribution in [3.05, 3.63) is 58.2 Å². The number of benzene rings is 2. The molecule has 5 heteroatoms. The number of nitrogens with one attached hydrogen (secondary N) is 1. The third-order valence-corrected chi connectivity index (χ3v) is 4.24. The highest BCUT2D eigenvalue weighted by atomic mass is 127. The summed E-state index contributed by atoms with van der Waals surface area (Å²) in [7, 11) is 0. The zero-order valence-corrected chi connectivity index (χ0v) is 14.4. The van der Waals surface area contributed by atoms with Gasteiger partial charge in [0, 0.05) is 15.0 Å². The van der Waals surface area contributed by atoms with Crippen LogP contribution in [-0.4, -0.2) is 24.0 Å². The minimum absolute atomic E-state index is 0.0147. The molecule has 0 bridgehead atoms. The van der Waals surface area contributed by atoms with Crippen LogP contribution >= 0.6 is 34.4 Å². The Morgan fingerprint density at radius 3 is 2.52 bits per heavy atom. The lowest BCUT2D eigenvalue weighted by atomic mass is 10.3. The second-order valence-electron chi connectivity index (χ2n) is 4.27. The van der Waals surface area contributed by atoms with Crippen molar-refractivity contribution < 1.29 is 9.53 Å². The van der Waals surface area contributed by atoms with Crippen molar-refractivity contribution in [2.75, 3.05) is 23.4 Å². The molecule has 0 radical (unpaired) electrons. The normalized spacial score (nSPS) is 10.1. The maximum atomic E-state index is 11.8. The van der Waals surface area contributed by atoms with Gasteiger partial charge in [0.15, 0.2) is 0 Å². The molecule has 2 aromatic carbocycles. The molecular weight excluding hydrogens is 397 g/mol. The quantitative estimate of drug-likeness (QED) is 0.550. The van der Waals surface area contributed by atoms with Crippen molar-refractivity contribution in [2.45, 2.75) is 0 Å². The summed E-state index contributed by atoms with van der Waals surface area (Å²) in [5, 5.41) is 2.87. The van der Waals surface area contributed by atoms with Crippen LogP contribution in [0, 0.1) is 3.57 Å². The van der Waals surface area contributed by atoms with Crippen molar-refractivity contribution in [3.8, 4) is 5.75 Å². The molecule has 0 aliphatic heterocycles. The van der Waals surface area contributed by atoms with Gasteiger partial charge >= 0.3 is 0 Å². The van der Waals surface area contributed by atoms with E-state index in [2.05, 4.69) is 27.9 Å². The van der Waals surface area contributed by atoms with E-state index in [4.69, 9.17) is 4.74 Å². The topological polar surface area (TPSA) is 38.3 Å². The molecule has 2 rings (SSSR count). The standard InChI is InChI=1S/C16H16INO2S/c17-13-6-8-14(9-7-13)18-16(19)12-21-11-10-20-15-4-2-1-3-5-15/h1-9H,10-12H2,(H,18,19). The summed E-state index contributed by atoms with van der Waals surface area (Å²) in [6.07, 6.45) is 0. The fraction of sp³-hybridized carbons (Fsp3) is 0.188. The largest absolute Gasteiger partial charge is 0.493 e. The van der Waals surface area contributed by atoms with E-state index in [0.717, 1.165) is 20.8 Å². The van der Waals surface area contributed by atoms with E-state index in [0.29, 0.717) is 12.4 Å². The monoisotopic (exact) mass is 413 g/mol. The van der Waals surface area contributed by atoms with Gasteiger partial charge in [0.05, 0.1) is 12.4 Å². The third-order valence-electron chi connectivity index (χ3n) is 2.60. The Bertz CT molecular complexity index is 560. The number of halogens is 1. The molecular formula is C16H16INO2S. The van der Waals surface area contributed by atoms with Crippen LogP contribution in [0.5, 0.6) is 5.75 Å². The average molecular weight is 413 g/mol. The van der Waals surface area contributed by atoms with Crippen LogP contribution < -0.4 is 10.1 Å². The molecule has 0 aliphatic carbocycles. The van der Waals surface area contributed by atoms with Crippen molar-refractivity contribution in [1.82, 2.24) is 0 Å². The van der Waals surface area contributed by atoms with E-state index in [1.54, 1.807) is 11.8 Å². The van der Waals surface area contributed by atoms with Crippen LogP contribution in [0.15, 0.2) is 54.6 Å². The van der Waals surface area contributed by atoms with Crippen molar-refractivity contribution >= 4 is 45.9 Å². The van der Waals surface area contributed by atoms with Crippen LogP contribution in [0.1, 0.15) is 0 Å². The molecule has 0 aliphatic rings. The summed E-state index contributed by atoms with van der Waals surface area (Å²) in [4.78, 5) is 11.8. The molecule has 110 valence electrons. The van der Waals surface area contributed by atoms with Crippen LogP contribution in [0.3, 0.4) is 0 Å². The first-order valence-electron chi connectivity index (χ1n) is 6.55. The Morgan fingerprint density at radius 1 is 1.10 bits per heavy atom. The predicted octanol–water partition coefficient (Wildman–Crippen LogP) is 4.04. The third kappa shape index (κ3) is 6.39. The number of hydrogen-bond donors (Lipinski definition) is 1. The fourth-order valence-corrected chi connectivity index (χ4v) is 2.59. The minimum Gasteiger partial charge on any atom is -0.493 e. The molecule has 0 atom stereocenters. The molecule has 0 unspecified atom stereocenters. The summed E-state index contributed by atoms with van der Waals surface area (Å²) >= 11 is 3.80. The molecule has 3 nitrogen and oxygen atoms in total. The summed E-state index contributed by atoms with van der Waals surface area (Å²) in [5.74, 6) is 2.10. The number of ether oxygens (including phenoxy) is 1. The molecule has 1 N–H and O–H groups in total. The molecule has 2 aromatic rings. The number of thioether (sulfide) groups is 1. The lowest BCUT2D eigenvalue weighted by Crippen LogP contribution is -2.15. The van der Waals surface area contributed by atoms with E-state index in [9.17, 15) is 4.79 Å². The van der Waals surface area contributed by atoms with Crippen LogP contribution in [0.25, 0.3) is 0 Å². The van der Waals surface area contributed by atoms with E-state index < -0.39 is 0 Å². The van der Waals surface area contributed by atoms with Crippen molar-refractivity contribution in [1.29, 1.82) is 0 Å².